The molecule has 0 saturated carbocycles. The van der Waals surface area contributed by atoms with E-state index in [1.54, 1.807) is 6.07 Å². The van der Waals surface area contributed by atoms with Gasteiger partial charge in [-0.3, -0.25) is 9.69 Å². The van der Waals surface area contributed by atoms with Gasteiger partial charge in [0.25, 0.3) is 5.91 Å². The van der Waals surface area contributed by atoms with Gasteiger partial charge >= 0.3 is 0 Å². The topological polar surface area (TPSA) is 76.2 Å². The van der Waals surface area contributed by atoms with Crippen molar-refractivity contribution in [3.8, 4) is 11.1 Å². The molecule has 35 heavy (non-hydrogen) atoms. The highest BCUT2D eigenvalue weighted by Crippen LogP contribution is 2.24. The SMILES string of the molecule is CC(C)[C@@H](NC(=O)c1ccoc1)c1nnc2n1CCN(Cc1ccc(-c3ccccc3)cc1)CC2. The molecule has 2 aromatic heterocycles. The van der Waals surface area contributed by atoms with E-state index in [0.717, 1.165) is 44.2 Å². The summed E-state index contributed by atoms with van der Waals surface area (Å²) >= 11 is 0. The molecular formula is C28H31N5O2. The second-order valence-electron chi connectivity index (χ2n) is 9.42. The lowest BCUT2D eigenvalue weighted by molar-refractivity contribution is 0.0921. The van der Waals surface area contributed by atoms with Gasteiger partial charge in [-0.2, -0.15) is 0 Å². The number of furan rings is 1. The smallest absolute Gasteiger partial charge is 0.255 e. The van der Waals surface area contributed by atoms with Crippen LogP contribution in [0.3, 0.4) is 0 Å². The van der Waals surface area contributed by atoms with Gasteiger partial charge in [0.15, 0.2) is 5.82 Å². The Balaban J connectivity index is 1.26. The highest BCUT2D eigenvalue weighted by atomic mass is 16.3. The summed E-state index contributed by atoms with van der Waals surface area (Å²) in [7, 11) is 0. The third-order valence-electron chi connectivity index (χ3n) is 6.63. The molecule has 0 radical (unpaired) electrons. The van der Waals surface area contributed by atoms with E-state index >= 15 is 0 Å². The lowest BCUT2D eigenvalue weighted by Crippen LogP contribution is -2.34. The number of hydrogen-bond acceptors (Lipinski definition) is 5. The number of benzene rings is 2. The van der Waals surface area contributed by atoms with Crippen LogP contribution in [-0.2, 0) is 19.5 Å². The molecule has 7 heteroatoms. The van der Waals surface area contributed by atoms with Gasteiger partial charge in [-0.15, -0.1) is 10.2 Å². The minimum Gasteiger partial charge on any atom is -0.472 e. The molecule has 0 spiro atoms. The van der Waals surface area contributed by atoms with Crippen LogP contribution in [0.15, 0.2) is 77.6 Å². The van der Waals surface area contributed by atoms with E-state index in [2.05, 4.69) is 87.4 Å². The summed E-state index contributed by atoms with van der Waals surface area (Å²) < 4.78 is 7.26. The molecule has 7 nitrogen and oxygen atoms in total. The van der Waals surface area contributed by atoms with Crippen molar-refractivity contribution in [2.45, 2.75) is 39.4 Å². The summed E-state index contributed by atoms with van der Waals surface area (Å²) in [5, 5.41) is 12.1. The van der Waals surface area contributed by atoms with E-state index in [1.807, 2.05) is 6.07 Å². The van der Waals surface area contributed by atoms with Crippen molar-refractivity contribution < 1.29 is 9.21 Å². The van der Waals surface area contributed by atoms with Crippen LogP contribution < -0.4 is 5.32 Å². The predicted octanol–water partition coefficient (Wildman–Crippen LogP) is 4.72. The Bertz CT molecular complexity index is 1250. The number of rotatable bonds is 7. The monoisotopic (exact) mass is 469 g/mol. The van der Waals surface area contributed by atoms with Gasteiger partial charge in [0.1, 0.15) is 12.1 Å². The quantitative estimate of drug-likeness (QED) is 0.424. The molecule has 0 saturated heterocycles. The van der Waals surface area contributed by atoms with Gasteiger partial charge in [-0.05, 0) is 28.7 Å². The molecule has 1 atom stereocenters. The third kappa shape index (κ3) is 5.20. The van der Waals surface area contributed by atoms with Gasteiger partial charge < -0.3 is 14.3 Å². The fourth-order valence-corrected chi connectivity index (χ4v) is 4.62. The molecule has 0 unspecified atom stereocenters. The molecule has 3 heterocycles. The fraction of sp³-hybridized carbons (Fsp3) is 0.321. The molecule has 1 aliphatic rings. The van der Waals surface area contributed by atoms with Crippen LogP contribution in [-0.4, -0.2) is 38.7 Å². The van der Waals surface area contributed by atoms with Crippen molar-refractivity contribution in [3.63, 3.8) is 0 Å². The van der Waals surface area contributed by atoms with Crippen LogP contribution in [0.1, 0.15) is 47.5 Å². The van der Waals surface area contributed by atoms with Gasteiger partial charge in [0, 0.05) is 32.6 Å². The highest BCUT2D eigenvalue weighted by molar-refractivity contribution is 5.94. The average molecular weight is 470 g/mol. The standard InChI is InChI=1S/C28H31N5O2/c1-20(2)26(29-28(34)24-13-17-35-19-24)27-31-30-25-12-14-32(15-16-33(25)27)18-21-8-10-23(11-9-21)22-6-4-3-5-7-22/h3-11,13,17,19-20,26H,12,14-16,18H2,1-2H3,(H,29,34)/t26-/m1/s1. The average Bonchev–Trinajstić information content (AvgIpc) is 3.51. The molecule has 5 rings (SSSR count). The lowest BCUT2D eigenvalue weighted by atomic mass is 10.0. The Morgan fingerprint density at radius 2 is 1.74 bits per heavy atom. The van der Waals surface area contributed by atoms with Gasteiger partial charge in [0.2, 0.25) is 0 Å². The van der Waals surface area contributed by atoms with E-state index in [0.29, 0.717) is 5.56 Å². The van der Waals surface area contributed by atoms with E-state index in [-0.39, 0.29) is 17.9 Å². The van der Waals surface area contributed by atoms with Gasteiger partial charge in [-0.1, -0.05) is 68.4 Å². The Morgan fingerprint density at radius 1 is 0.971 bits per heavy atom. The van der Waals surface area contributed by atoms with Crippen LogP contribution in [0.5, 0.6) is 0 Å². The summed E-state index contributed by atoms with van der Waals surface area (Å²) in [5.74, 6) is 1.80. The van der Waals surface area contributed by atoms with Crippen molar-refractivity contribution in [3.05, 3.63) is 96.0 Å². The highest BCUT2D eigenvalue weighted by Gasteiger charge is 2.28. The van der Waals surface area contributed by atoms with E-state index in [1.165, 1.54) is 29.2 Å². The first kappa shape index (κ1) is 23.1. The minimum atomic E-state index is -0.226. The number of carbonyl (C=O) groups is 1. The number of hydrogen-bond donors (Lipinski definition) is 1. The first-order valence-electron chi connectivity index (χ1n) is 12.2. The lowest BCUT2D eigenvalue weighted by Gasteiger charge is -2.23. The summed E-state index contributed by atoms with van der Waals surface area (Å²) in [6.07, 6.45) is 3.79. The zero-order valence-electron chi connectivity index (χ0n) is 20.2. The van der Waals surface area contributed by atoms with Crippen LogP contribution in [0.25, 0.3) is 11.1 Å². The van der Waals surface area contributed by atoms with Crippen LogP contribution >= 0.6 is 0 Å². The molecule has 1 N–H and O–H groups in total. The largest absolute Gasteiger partial charge is 0.472 e. The van der Waals surface area contributed by atoms with Crippen molar-refractivity contribution >= 4 is 5.91 Å². The van der Waals surface area contributed by atoms with Crippen molar-refractivity contribution in [2.75, 3.05) is 13.1 Å². The first-order valence-corrected chi connectivity index (χ1v) is 12.2. The number of nitrogens with one attached hydrogen (secondary N) is 1. The number of fused-ring (bicyclic) bond motifs is 1. The Morgan fingerprint density at radius 3 is 2.46 bits per heavy atom. The normalized spacial score (nSPS) is 14.9. The molecule has 0 aliphatic carbocycles. The molecule has 1 aliphatic heterocycles. The molecule has 2 aromatic carbocycles. The minimum absolute atomic E-state index is 0.163. The molecule has 1 amide bonds. The second-order valence-corrected chi connectivity index (χ2v) is 9.42. The van der Waals surface area contributed by atoms with Crippen molar-refractivity contribution in [2.24, 2.45) is 5.92 Å². The Labute approximate surface area is 205 Å². The van der Waals surface area contributed by atoms with Gasteiger partial charge in [-0.25, -0.2) is 0 Å². The first-order chi connectivity index (χ1) is 17.1. The molecule has 4 aromatic rings. The maximum Gasteiger partial charge on any atom is 0.255 e. The fourth-order valence-electron chi connectivity index (χ4n) is 4.62. The molecule has 0 fully saturated rings. The summed E-state index contributed by atoms with van der Waals surface area (Å²) in [4.78, 5) is 15.1. The van der Waals surface area contributed by atoms with E-state index in [4.69, 9.17) is 4.42 Å². The zero-order chi connectivity index (χ0) is 24.2. The number of aromatic nitrogens is 3. The number of amides is 1. The van der Waals surface area contributed by atoms with Crippen LogP contribution in [0, 0.1) is 5.92 Å². The Kier molecular flexibility index (Phi) is 6.77. The summed E-state index contributed by atoms with van der Waals surface area (Å²) in [5.41, 5.74) is 4.28. The number of nitrogens with zero attached hydrogens (tertiary/aromatic N) is 4. The van der Waals surface area contributed by atoms with E-state index < -0.39 is 0 Å². The second kappa shape index (κ2) is 10.3. The van der Waals surface area contributed by atoms with Crippen LogP contribution in [0.2, 0.25) is 0 Å². The predicted molar refractivity (Wildman–Crippen MR) is 135 cm³/mol. The summed E-state index contributed by atoms with van der Waals surface area (Å²) in [6, 6.07) is 20.7. The maximum atomic E-state index is 12.7. The van der Waals surface area contributed by atoms with Gasteiger partial charge in [0.05, 0.1) is 17.9 Å². The van der Waals surface area contributed by atoms with Crippen molar-refractivity contribution in [1.82, 2.24) is 25.0 Å². The maximum absolute atomic E-state index is 12.7. The number of carbonyl (C=O) groups excluding carboxylic acids is 1. The summed E-state index contributed by atoms with van der Waals surface area (Å²) in [6.45, 7) is 7.69. The third-order valence-corrected chi connectivity index (χ3v) is 6.63. The molecular weight excluding hydrogens is 438 g/mol. The van der Waals surface area contributed by atoms with Crippen LogP contribution in [0.4, 0.5) is 0 Å². The van der Waals surface area contributed by atoms with E-state index in [9.17, 15) is 4.79 Å². The zero-order valence-corrected chi connectivity index (χ0v) is 20.2. The molecule has 0 bridgehead atoms. The van der Waals surface area contributed by atoms with Crippen molar-refractivity contribution in [1.29, 1.82) is 0 Å². The Hall–Kier alpha value is -3.71. The molecule has 180 valence electrons.